The standard InChI is InChI=1S/C16H19N3O4S/c1-4-5-14-17-16(19-18-14)24-13(15(20)21)9-10-6-7-11(22-2)12(8-10)23-3/h6-9H,4-5H2,1-3H3,(H,20,21)(H,17,18,19)/b13-9-. The van der Waals surface area contributed by atoms with Crippen LogP contribution in [-0.2, 0) is 11.2 Å². The third-order valence-electron chi connectivity index (χ3n) is 3.12. The lowest BCUT2D eigenvalue weighted by Crippen LogP contribution is -1.98. The maximum Gasteiger partial charge on any atom is 0.342 e. The molecule has 0 amide bonds. The molecule has 1 aromatic carbocycles. The minimum atomic E-state index is -1.04. The molecular formula is C16H19N3O4S. The Hall–Kier alpha value is -2.48. The molecule has 2 aromatic rings. The first kappa shape index (κ1) is 17.9. The zero-order chi connectivity index (χ0) is 17.5. The van der Waals surface area contributed by atoms with Gasteiger partial charge in [-0.2, -0.15) is 0 Å². The number of nitrogens with one attached hydrogen (secondary N) is 1. The van der Waals surface area contributed by atoms with E-state index in [4.69, 9.17) is 9.47 Å². The lowest BCUT2D eigenvalue weighted by Gasteiger charge is -2.08. The summed E-state index contributed by atoms with van der Waals surface area (Å²) in [6.07, 6.45) is 3.26. The third kappa shape index (κ3) is 4.51. The summed E-state index contributed by atoms with van der Waals surface area (Å²) in [5, 5.41) is 16.7. The van der Waals surface area contributed by atoms with Crippen molar-refractivity contribution in [3.05, 3.63) is 34.5 Å². The predicted molar refractivity (Wildman–Crippen MR) is 91.4 cm³/mol. The average molecular weight is 349 g/mol. The van der Waals surface area contributed by atoms with Gasteiger partial charge in [-0.05, 0) is 42.0 Å². The Labute approximate surface area is 144 Å². The molecule has 7 nitrogen and oxygen atoms in total. The number of hydrogen-bond donors (Lipinski definition) is 2. The maximum absolute atomic E-state index is 11.5. The molecule has 0 unspecified atom stereocenters. The predicted octanol–water partition coefficient (Wildman–Crippen LogP) is 2.99. The van der Waals surface area contributed by atoms with Crippen molar-refractivity contribution in [2.45, 2.75) is 24.9 Å². The average Bonchev–Trinajstić information content (AvgIpc) is 3.01. The molecule has 0 fully saturated rings. The fourth-order valence-electron chi connectivity index (χ4n) is 2.00. The van der Waals surface area contributed by atoms with Gasteiger partial charge in [0.25, 0.3) is 0 Å². The van der Waals surface area contributed by atoms with Crippen LogP contribution in [0.25, 0.3) is 6.08 Å². The fraction of sp³-hybridized carbons (Fsp3) is 0.312. The Morgan fingerprint density at radius 3 is 2.71 bits per heavy atom. The molecule has 0 aliphatic heterocycles. The fourth-order valence-corrected chi connectivity index (χ4v) is 2.73. The minimum absolute atomic E-state index is 0.115. The van der Waals surface area contributed by atoms with Gasteiger partial charge in [-0.3, -0.25) is 5.10 Å². The quantitative estimate of drug-likeness (QED) is 0.558. The number of carboxylic acids is 1. The summed E-state index contributed by atoms with van der Waals surface area (Å²) in [5.74, 6) is 0.814. The summed E-state index contributed by atoms with van der Waals surface area (Å²) in [6, 6.07) is 5.19. The molecule has 8 heteroatoms. The first-order valence-corrected chi connectivity index (χ1v) is 8.15. The molecule has 0 saturated carbocycles. The van der Waals surface area contributed by atoms with Gasteiger partial charge in [-0.15, -0.1) is 5.10 Å². The molecule has 0 saturated heterocycles. The van der Waals surface area contributed by atoms with Crippen LogP contribution in [0.4, 0.5) is 0 Å². The molecule has 0 radical (unpaired) electrons. The molecule has 24 heavy (non-hydrogen) atoms. The van der Waals surface area contributed by atoms with E-state index in [0.29, 0.717) is 22.2 Å². The number of nitrogens with zero attached hydrogens (tertiary/aromatic N) is 2. The van der Waals surface area contributed by atoms with E-state index in [1.165, 1.54) is 7.11 Å². The van der Waals surface area contributed by atoms with Crippen LogP contribution in [0.2, 0.25) is 0 Å². The molecule has 0 bridgehead atoms. The molecule has 0 atom stereocenters. The van der Waals surface area contributed by atoms with Crippen LogP contribution in [0, 0.1) is 0 Å². The zero-order valence-electron chi connectivity index (χ0n) is 13.7. The lowest BCUT2D eigenvalue weighted by molar-refractivity contribution is -0.131. The Bertz CT molecular complexity index is 743. The summed E-state index contributed by atoms with van der Waals surface area (Å²) in [7, 11) is 3.07. The number of carboxylic acid groups (broad SMARTS) is 1. The van der Waals surface area contributed by atoms with E-state index in [1.54, 1.807) is 31.4 Å². The molecule has 128 valence electrons. The van der Waals surface area contributed by atoms with E-state index in [1.807, 2.05) is 6.92 Å². The van der Waals surface area contributed by atoms with Gasteiger partial charge >= 0.3 is 5.97 Å². The second kappa shape index (κ2) is 8.39. The van der Waals surface area contributed by atoms with E-state index in [2.05, 4.69) is 15.2 Å². The van der Waals surface area contributed by atoms with Crippen molar-refractivity contribution >= 4 is 23.8 Å². The summed E-state index contributed by atoms with van der Waals surface area (Å²) in [4.78, 5) is 15.9. The van der Waals surface area contributed by atoms with Crippen molar-refractivity contribution < 1.29 is 19.4 Å². The van der Waals surface area contributed by atoms with E-state index in [9.17, 15) is 9.90 Å². The first-order valence-electron chi connectivity index (χ1n) is 7.33. The lowest BCUT2D eigenvalue weighted by atomic mass is 10.2. The zero-order valence-corrected chi connectivity index (χ0v) is 14.5. The summed E-state index contributed by atoms with van der Waals surface area (Å²) in [5.41, 5.74) is 0.682. The number of benzene rings is 1. The van der Waals surface area contributed by atoms with Crippen LogP contribution in [0.1, 0.15) is 24.7 Å². The number of rotatable bonds is 8. The van der Waals surface area contributed by atoms with Crippen LogP contribution < -0.4 is 9.47 Å². The van der Waals surface area contributed by atoms with E-state index in [0.717, 1.165) is 30.4 Å². The third-order valence-corrected chi connectivity index (χ3v) is 3.99. The molecule has 0 spiro atoms. The second-order valence-corrected chi connectivity index (χ2v) is 5.85. The normalized spacial score (nSPS) is 11.4. The highest BCUT2D eigenvalue weighted by molar-refractivity contribution is 8.04. The number of aryl methyl sites for hydroxylation is 1. The SMILES string of the molecule is CCCc1nc(S/C(=C\c2ccc(OC)c(OC)c2)C(=O)O)n[nH]1. The number of H-pyrrole nitrogens is 1. The Morgan fingerprint density at radius 1 is 1.33 bits per heavy atom. The van der Waals surface area contributed by atoms with Gasteiger partial charge in [0, 0.05) is 6.42 Å². The van der Waals surface area contributed by atoms with Crippen molar-refractivity contribution in [2.24, 2.45) is 0 Å². The molecule has 1 aromatic heterocycles. The number of thioether (sulfide) groups is 1. The molecule has 1 heterocycles. The maximum atomic E-state index is 11.5. The number of methoxy groups -OCH3 is 2. The van der Waals surface area contributed by atoms with E-state index >= 15 is 0 Å². The monoisotopic (exact) mass is 349 g/mol. The van der Waals surface area contributed by atoms with Crippen molar-refractivity contribution in [3.8, 4) is 11.5 Å². The molecule has 0 aliphatic carbocycles. The first-order chi connectivity index (χ1) is 11.6. The number of aromatic nitrogens is 3. The van der Waals surface area contributed by atoms with Gasteiger partial charge in [0.2, 0.25) is 5.16 Å². The molecule has 0 aliphatic rings. The van der Waals surface area contributed by atoms with Crippen LogP contribution in [0.3, 0.4) is 0 Å². The highest BCUT2D eigenvalue weighted by Gasteiger charge is 2.14. The Morgan fingerprint density at radius 2 is 2.08 bits per heavy atom. The van der Waals surface area contributed by atoms with Crippen molar-refractivity contribution in [2.75, 3.05) is 14.2 Å². The molecule has 2 N–H and O–H groups in total. The van der Waals surface area contributed by atoms with Crippen LogP contribution in [0.15, 0.2) is 28.3 Å². The van der Waals surface area contributed by atoms with Gasteiger partial charge in [0.05, 0.1) is 14.2 Å². The molecule has 2 rings (SSSR count). The van der Waals surface area contributed by atoms with Gasteiger partial charge in [-0.25, -0.2) is 9.78 Å². The summed E-state index contributed by atoms with van der Waals surface area (Å²) >= 11 is 0.998. The van der Waals surface area contributed by atoms with Crippen LogP contribution in [0.5, 0.6) is 11.5 Å². The number of hydrogen-bond acceptors (Lipinski definition) is 6. The second-order valence-electron chi connectivity index (χ2n) is 4.84. The number of aliphatic carboxylic acids is 1. The number of aromatic amines is 1. The largest absolute Gasteiger partial charge is 0.493 e. The minimum Gasteiger partial charge on any atom is -0.493 e. The van der Waals surface area contributed by atoms with Gasteiger partial charge in [-0.1, -0.05) is 13.0 Å². The van der Waals surface area contributed by atoms with Gasteiger partial charge in [0.1, 0.15) is 10.7 Å². The highest BCUT2D eigenvalue weighted by atomic mass is 32.2. The Kier molecular flexibility index (Phi) is 6.25. The summed E-state index contributed by atoms with van der Waals surface area (Å²) < 4.78 is 10.4. The smallest absolute Gasteiger partial charge is 0.342 e. The van der Waals surface area contributed by atoms with Crippen LogP contribution >= 0.6 is 11.8 Å². The van der Waals surface area contributed by atoms with Crippen molar-refractivity contribution in [3.63, 3.8) is 0 Å². The Balaban J connectivity index is 2.26. The topological polar surface area (TPSA) is 97.3 Å². The highest BCUT2D eigenvalue weighted by Crippen LogP contribution is 2.31. The van der Waals surface area contributed by atoms with Gasteiger partial charge in [0.15, 0.2) is 11.5 Å². The van der Waals surface area contributed by atoms with Gasteiger partial charge < -0.3 is 14.6 Å². The van der Waals surface area contributed by atoms with Crippen molar-refractivity contribution in [1.82, 2.24) is 15.2 Å². The summed E-state index contributed by atoms with van der Waals surface area (Å²) in [6.45, 7) is 2.04. The van der Waals surface area contributed by atoms with E-state index < -0.39 is 5.97 Å². The number of ether oxygens (including phenoxy) is 2. The van der Waals surface area contributed by atoms with Crippen LogP contribution in [-0.4, -0.2) is 40.5 Å². The number of carbonyl (C=O) groups is 1. The van der Waals surface area contributed by atoms with Crippen molar-refractivity contribution in [1.29, 1.82) is 0 Å². The molecular weight excluding hydrogens is 330 g/mol. The van der Waals surface area contributed by atoms with E-state index in [-0.39, 0.29) is 4.91 Å².